The molecule has 0 heterocycles. The van der Waals surface area contributed by atoms with Crippen molar-refractivity contribution in [3.8, 4) is 0 Å². The minimum atomic E-state index is -0.481. The lowest BCUT2D eigenvalue weighted by Crippen LogP contribution is -2.36. The van der Waals surface area contributed by atoms with E-state index in [1.54, 1.807) is 6.92 Å². The molecule has 0 aromatic heterocycles. The Morgan fingerprint density at radius 1 is 1.31 bits per heavy atom. The van der Waals surface area contributed by atoms with Crippen LogP contribution in [0.25, 0.3) is 0 Å². The zero-order chi connectivity index (χ0) is 12.4. The molecule has 0 aliphatic carbocycles. The number of carbonyl (C=O) groups excluding carboxylic acids is 2. The van der Waals surface area contributed by atoms with E-state index in [1.165, 1.54) is 0 Å². The molecule has 1 atom stereocenters. The quantitative estimate of drug-likeness (QED) is 0.621. The highest BCUT2D eigenvalue weighted by molar-refractivity contribution is 5.75. The summed E-state index contributed by atoms with van der Waals surface area (Å²) in [4.78, 5) is 21.7. The first-order valence-corrected chi connectivity index (χ1v) is 5.77. The molecule has 94 valence electrons. The van der Waals surface area contributed by atoms with Crippen LogP contribution in [0.1, 0.15) is 46.0 Å². The number of hydrogen-bond acceptors (Lipinski definition) is 3. The summed E-state index contributed by atoms with van der Waals surface area (Å²) in [5.41, 5.74) is 4.99. The van der Waals surface area contributed by atoms with Crippen molar-refractivity contribution in [2.45, 2.75) is 52.0 Å². The summed E-state index contributed by atoms with van der Waals surface area (Å²) in [6.07, 6.45) is 3.91. The second-order valence-corrected chi connectivity index (χ2v) is 3.91. The molecule has 0 bridgehead atoms. The van der Waals surface area contributed by atoms with E-state index in [4.69, 9.17) is 10.5 Å². The predicted molar refractivity (Wildman–Crippen MR) is 61.9 cm³/mol. The summed E-state index contributed by atoms with van der Waals surface area (Å²) in [5, 5.41) is 2.54. The molecular weight excluding hydrogens is 208 g/mol. The van der Waals surface area contributed by atoms with Gasteiger partial charge in [-0.2, -0.15) is 0 Å². The van der Waals surface area contributed by atoms with Crippen LogP contribution < -0.4 is 11.1 Å². The van der Waals surface area contributed by atoms with Gasteiger partial charge < -0.3 is 15.8 Å². The van der Waals surface area contributed by atoms with Gasteiger partial charge in [-0.1, -0.05) is 26.2 Å². The van der Waals surface area contributed by atoms with Gasteiger partial charge in [0.15, 0.2) is 0 Å². The van der Waals surface area contributed by atoms with E-state index in [2.05, 4.69) is 12.2 Å². The van der Waals surface area contributed by atoms with Gasteiger partial charge in [0.25, 0.3) is 0 Å². The van der Waals surface area contributed by atoms with Crippen LogP contribution in [0.3, 0.4) is 0 Å². The van der Waals surface area contributed by atoms with Crippen LogP contribution in [0.2, 0.25) is 0 Å². The molecular formula is C11H22N2O3. The Morgan fingerprint density at radius 2 is 2.00 bits per heavy atom. The van der Waals surface area contributed by atoms with Gasteiger partial charge in [0.05, 0.1) is 6.61 Å². The van der Waals surface area contributed by atoms with Crippen LogP contribution in [-0.2, 0) is 9.53 Å². The van der Waals surface area contributed by atoms with E-state index in [0.29, 0.717) is 6.61 Å². The van der Waals surface area contributed by atoms with E-state index in [0.717, 1.165) is 25.7 Å². The highest BCUT2D eigenvalue weighted by atomic mass is 16.5. The molecule has 0 aromatic rings. The Labute approximate surface area is 96.7 Å². The lowest BCUT2D eigenvalue weighted by Gasteiger charge is -2.12. The van der Waals surface area contributed by atoms with E-state index < -0.39 is 12.0 Å². The Hall–Kier alpha value is -1.26. The molecule has 2 amide bonds. The maximum absolute atomic E-state index is 11.2. The third kappa shape index (κ3) is 9.30. The van der Waals surface area contributed by atoms with Crippen molar-refractivity contribution in [2.75, 3.05) is 6.61 Å². The molecule has 0 unspecified atom stereocenters. The molecule has 0 aliphatic heterocycles. The van der Waals surface area contributed by atoms with Crippen molar-refractivity contribution in [3.63, 3.8) is 0 Å². The average Bonchev–Trinajstić information content (AvgIpc) is 2.15. The maximum Gasteiger partial charge on any atom is 0.407 e. The Balaban J connectivity index is 3.47. The number of nitrogens with one attached hydrogen (secondary N) is 1. The molecule has 0 radical (unpaired) electrons. The van der Waals surface area contributed by atoms with Crippen LogP contribution in [0.5, 0.6) is 0 Å². The second kappa shape index (κ2) is 9.00. The topological polar surface area (TPSA) is 81.4 Å². The molecule has 0 spiro atoms. The number of ether oxygens (including phenoxy) is 1. The molecule has 5 heteroatoms. The van der Waals surface area contributed by atoms with Gasteiger partial charge in [-0.25, -0.2) is 4.79 Å². The van der Waals surface area contributed by atoms with Gasteiger partial charge in [-0.15, -0.1) is 0 Å². The summed E-state index contributed by atoms with van der Waals surface area (Å²) in [6, 6.07) is -0.277. The van der Waals surface area contributed by atoms with Crippen molar-refractivity contribution >= 4 is 12.0 Å². The Morgan fingerprint density at radius 3 is 2.56 bits per heavy atom. The largest absolute Gasteiger partial charge is 0.450 e. The third-order valence-electron chi connectivity index (χ3n) is 2.10. The minimum absolute atomic E-state index is 0.130. The van der Waals surface area contributed by atoms with Gasteiger partial charge in [-0.05, 0) is 13.3 Å². The molecule has 0 rings (SSSR count). The fourth-order valence-electron chi connectivity index (χ4n) is 1.29. The summed E-state index contributed by atoms with van der Waals surface area (Å²) in [7, 11) is 0. The number of hydrogen-bond donors (Lipinski definition) is 2. The molecule has 0 saturated heterocycles. The van der Waals surface area contributed by atoms with Crippen LogP contribution in [-0.4, -0.2) is 24.6 Å². The highest BCUT2D eigenvalue weighted by Gasteiger charge is 2.10. The maximum atomic E-state index is 11.2. The van der Waals surface area contributed by atoms with Crippen LogP contribution >= 0.6 is 0 Å². The molecule has 0 fully saturated rings. The standard InChI is InChI=1S/C11H22N2O3/c1-3-4-5-6-7-16-11(15)13-9(2)8-10(12)14/h9H,3-8H2,1-2H3,(H2,12,14)(H,13,15)/t9-/m0/s1. The van der Waals surface area contributed by atoms with E-state index >= 15 is 0 Å². The molecule has 5 nitrogen and oxygen atoms in total. The van der Waals surface area contributed by atoms with Gasteiger partial charge >= 0.3 is 6.09 Å². The van der Waals surface area contributed by atoms with E-state index in [1.807, 2.05) is 0 Å². The molecule has 3 N–H and O–H groups in total. The monoisotopic (exact) mass is 230 g/mol. The summed E-state index contributed by atoms with van der Waals surface area (Å²) >= 11 is 0. The zero-order valence-electron chi connectivity index (χ0n) is 10.1. The summed E-state index contributed by atoms with van der Waals surface area (Å²) in [5.74, 6) is -0.434. The SMILES string of the molecule is CCCCCCOC(=O)N[C@@H](C)CC(N)=O. The summed E-state index contributed by atoms with van der Waals surface area (Å²) in [6.45, 7) is 4.26. The average molecular weight is 230 g/mol. The second-order valence-electron chi connectivity index (χ2n) is 3.91. The molecule has 0 saturated carbocycles. The van der Waals surface area contributed by atoms with E-state index in [-0.39, 0.29) is 12.5 Å². The molecule has 0 aromatic carbocycles. The van der Waals surface area contributed by atoms with Crippen LogP contribution in [0.15, 0.2) is 0 Å². The summed E-state index contributed by atoms with van der Waals surface area (Å²) < 4.78 is 4.94. The normalized spacial score (nSPS) is 11.9. The predicted octanol–water partition coefficient (Wildman–Crippen LogP) is 1.56. The first-order chi connectivity index (χ1) is 7.56. The minimum Gasteiger partial charge on any atom is -0.450 e. The Kier molecular flexibility index (Phi) is 8.29. The van der Waals surface area contributed by atoms with Crippen molar-refractivity contribution < 1.29 is 14.3 Å². The lowest BCUT2D eigenvalue weighted by molar-refractivity contribution is -0.118. The molecule has 16 heavy (non-hydrogen) atoms. The first-order valence-electron chi connectivity index (χ1n) is 5.77. The number of rotatable bonds is 8. The molecule has 0 aliphatic rings. The van der Waals surface area contributed by atoms with Crippen molar-refractivity contribution in [2.24, 2.45) is 5.73 Å². The van der Waals surface area contributed by atoms with Crippen molar-refractivity contribution in [1.29, 1.82) is 0 Å². The van der Waals surface area contributed by atoms with Crippen LogP contribution in [0, 0.1) is 0 Å². The van der Waals surface area contributed by atoms with Gasteiger partial charge in [0.1, 0.15) is 0 Å². The number of unbranched alkanes of at least 4 members (excludes halogenated alkanes) is 3. The van der Waals surface area contributed by atoms with Crippen molar-refractivity contribution in [3.05, 3.63) is 0 Å². The lowest BCUT2D eigenvalue weighted by atomic mass is 10.2. The Bertz CT molecular complexity index is 219. The van der Waals surface area contributed by atoms with Gasteiger partial charge in [0, 0.05) is 12.5 Å². The number of primary amides is 1. The number of carbonyl (C=O) groups is 2. The van der Waals surface area contributed by atoms with Crippen molar-refractivity contribution in [1.82, 2.24) is 5.32 Å². The third-order valence-corrected chi connectivity index (χ3v) is 2.10. The fourth-order valence-corrected chi connectivity index (χ4v) is 1.29. The fraction of sp³-hybridized carbons (Fsp3) is 0.818. The first kappa shape index (κ1) is 14.7. The van der Waals surface area contributed by atoms with Gasteiger partial charge in [0.2, 0.25) is 5.91 Å². The highest BCUT2D eigenvalue weighted by Crippen LogP contribution is 1.99. The number of alkyl carbamates (subject to hydrolysis) is 1. The number of amides is 2. The zero-order valence-corrected chi connectivity index (χ0v) is 10.1. The smallest absolute Gasteiger partial charge is 0.407 e. The number of nitrogens with two attached hydrogens (primary N) is 1. The van der Waals surface area contributed by atoms with Crippen LogP contribution in [0.4, 0.5) is 4.79 Å². The van der Waals surface area contributed by atoms with E-state index in [9.17, 15) is 9.59 Å². The van der Waals surface area contributed by atoms with Gasteiger partial charge in [-0.3, -0.25) is 4.79 Å².